The van der Waals surface area contributed by atoms with Gasteiger partial charge in [-0.3, -0.25) is 9.59 Å². The predicted octanol–water partition coefficient (Wildman–Crippen LogP) is 6.09. The molecule has 0 N–H and O–H groups in total. The van der Waals surface area contributed by atoms with Crippen LogP contribution in [0.5, 0.6) is 11.6 Å². The average molecular weight is 632 g/mol. The van der Waals surface area contributed by atoms with Crippen molar-refractivity contribution in [2.45, 2.75) is 115 Å². The number of rotatable bonds is 4. The number of esters is 1. The van der Waals surface area contributed by atoms with Gasteiger partial charge in [0.25, 0.3) is 0 Å². The van der Waals surface area contributed by atoms with Crippen LogP contribution >= 0.6 is 0 Å². The van der Waals surface area contributed by atoms with Gasteiger partial charge in [-0.25, -0.2) is 9.97 Å². The Kier molecular flexibility index (Phi) is 9.19. The van der Waals surface area contributed by atoms with Gasteiger partial charge in [-0.15, -0.1) is 0 Å². The van der Waals surface area contributed by atoms with Crippen molar-refractivity contribution in [2.24, 2.45) is 35.5 Å². The zero-order valence-corrected chi connectivity index (χ0v) is 27.4. The quantitative estimate of drug-likeness (QED) is 0.295. The smallest absolute Gasteiger partial charge is 0.306 e. The minimum absolute atomic E-state index is 0.0380. The molecule has 0 spiro atoms. The average Bonchev–Trinajstić information content (AvgIpc) is 3.62. The van der Waals surface area contributed by atoms with Gasteiger partial charge >= 0.3 is 5.97 Å². The molecule has 7 rings (SSSR count). The van der Waals surface area contributed by atoms with Crippen LogP contribution in [0.15, 0.2) is 18.2 Å². The maximum Gasteiger partial charge on any atom is 0.306 e. The van der Waals surface area contributed by atoms with E-state index < -0.39 is 18.1 Å². The van der Waals surface area contributed by atoms with Crippen LogP contribution in [-0.4, -0.2) is 64.9 Å². The van der Waals surface area contributed by atoms with Gasteiger partial charge in [0.1, 0.15) is 29.9 Å². The van der Waals surface area contributed by atoms with Gasteiger partial charge in [0.15, 0.2) is 0 Å². The molecule has 46 heavy (non-hydrogen) atoms. The first-order chi connectivity index (χ1) is 22.5. The molecule has 1 aromatic carbocycles. The highest BCUT2D eigenvalue weighted by Gasteiger charge is 2.54. The third-order valence-corrected chi connectivity index (χ3v) is 11.9. The Morgan fingerprint density at radius 3 is 2.50 bits per heavy atom. The van der Waals surface area contributed by atoms with E-state index in [1.54, 1.807) is 12.0 Å². The fourth-order valence-corrected chi connectivity index (χ4v) is 9.33. The number of hydrogen-bond acceptors (Lipinski definition) is 8. The Balaban J connectivity index is 1.23. The number of hydrogen-bond donors (Lipinski definition) is 0. The number of fused-ring (bicyclic) bond motifs is 7. The third kappa shape index (κ3) is 6.23. The van der Waals surface area contributed by atoms with E-state index in [2.05, 4.69) is 0 Å². The molecule has 3 aliphatic carbocycles. The van der Waals surface area contributed by atoms with Crippen molar-refractivity contribution in [2.75, 3.05) is 13.7 Å². The highest BCUT2D eigenvalue weighted by molar-refractivity contribution is 5.87. The molecule has 4 fully saturated rings. The Morgan fingerprint density at radius 2 is 1.72 bits per heavy atom. The van der Waals surface area contributed by atoms with Crippen LogP contribution in [-0.2, 0) is 25.5 Å². The first-order valence-corrected chi connectivity index (χ1v) is 17.9. The van der Waals surface area contributed by atoms with Crippen molar-refractivity contribution in [3.63, 3.8) is 0 Å². The summed E-state index contributed by atoms with van der Waals surface area (Å²) < 4.78 is 18.4. The molecule has 2 aromatic rings. The molecule has 8 atom stereocenters. The first kappa shape index (κ1) is 31.4. The van der Waals surface area contributed by atoms with Crippen molar-refractivity contribution in [3.8, 4) is 11.6 Å². The molecule has 2 bridgehead atoms. The first-order valence-electron chi connectivity index (χ1n) is 17.9. The molecule has 1 amide bonds. The van der Waals surface area contributed by atoms with E-state index in [0.29, 0.717) is 41.3 Å². The lowest BCUT2D eigenvalue weighted by Gasteiger charge is -2.34. The van der Waals surface area contributed by atoms with Crippen LogP contribution in [0.25, 0.3) is 11.0 Å². The monoisotopic (exact) mass is 631 g/mol. The van der Waals surface area contributed by atoms with Crippen molar-refractivity contribution in [1.29, 1.82) is 0 Å². The number of carbonyl (C=O) groups is 3. The van der Waals surface area contributed by atoms with E-state index >= 15 is 0 Å². The molecule has 5 aliphatic rings. The number of amides is 1. The van der Waals surface area contributed by atoms with Crippen molar-refractivity contribution in [3.05, 3.63) is 23.9 Å². The van der Waals surface area contributed by atoms with Gasteiger partial charge in [-0.05, 0) is 87.2 Å². The van der Waals surface area contributed by atoms with E-state index in [-0.39, 0.29) is 42.8 Å². The summed E-state index contributed by atoms with van der Waals surface area (Å²) in [6.45, 7) is 2.32. The van der Waals surface area contributed by atoms with Gasteiger partial charge in [0, 0.05) is 12.0 Å². The lowest BCUT2D eigenvalue weighted by atomic mass is 9.77. The van der Waals surface area contributed by atoms with Crippen molar-refractivity contribution >= 4 is 29.2 Å². The zero-order chi connectivity index (χ0) is 31.8. The molecular formula is C37H49N3O6. The van der Waals surface area contributed by atoms with Crippen LogP contribution in [0.3, 0.4) is 0 Å². The van der Waals surface area contributed by atoms with E-state index in [1.165, 1.54) is 6.42 Å². The highest BCUT2D eigenvalue weighted by Crippen LogP contribution is 2.58. The summed E-state index contributed by atoms with van der Waals surface area (Å²) >= 11 is 0. The zero-order valence-electron chi connectivity index (χ0n) is 27.4. The largest absolute Gasteiger partial charge is 0.497 e. The molecule has 0 radical (unpaired) electrons. The molecular weight excluding hydrogens is 582 g/mol. The van der Waals surface area contributed by atoms with E-state index in [1.807, 2.05) is 25.1 Å². The van der Waals surface area contributed by atoms with E-state index in [0.717, 1.165) is 88.1 Å². The minimum atomic E-state index is -0.616. The number of ether oxygens (including phenoxy) is 3. The molecule has 9 nitrogen and oxygen atoms in total. The lowest BCUT2D eigenvalue weighted by molar-refractivity contribution is -0.157. The summed E-state index contributed by atoms with van der Waals surface area (Å²) in [5.41, 5.74) is 2.29. The number of carbonyl (C=O) groups excluding carboxylic acids is 3. The van der Waals surface area contributed by atoms with E-state index in [9.17, 15) is 14.4 Å². The number of aryl methyl sites for hydroxylation is 1. The third-order valence-electron chi connectivity index (χ3n) is 11.9. The number of benzene rings is 1. The normalized spacial score (nSPS) is 34.0. The van der Waals surface area contributed by atoms with Gasteiger partial charge in [0.05, 0.1) is 43.1 Å². The summed E-state index contributed by atoms with van der Waals surface area (Å²) in [6, 6.07) is 5.07. The SMILES string of the molecule is CC[C@@H]1[C@@H]2CN(C(=O)[C@H](C3CCCCC3)CC(=O)O[C@@H]3CC4CC4[C@H]3CCCCCc3nc4ccc(OC)cc4nc3O2)[C@@H]1C=O. The van der Waals surface area contributed by atoms with Gasteiger partial charge in [-0.2, -0.15) is 0 Å². The molecule has 248 valence electrons. The van der Waals surface area contributed by atoms with Crippen molar-refractivity contribution in [1.82, 2.24) is 14.9 Å². The van der Waals surface area contributed by atoms with Crippen LogP contribution in [0.4, 0.5) is 0 Å². The Bertz CT molecular complexity index is 1440. The fraction of sp³-hybridized carbons (Fsp3) is 0.703. The molecule has 3 saturated carbocycles. The number of nitrogens with zero attached hydrogens (tertiary/aromatic N) is 3. The molecule has 9 heteroatoms. The number of aromatic nitrogens is 2. The summed E-state index contributed by atoms with van der Waals surface area (Å²) in [5, 5.41) is 0. The molecule has 2 aliphatic heterocycles. The maximum absolute atomic E-state index is 14.5. The number of aldehydes is 1. The highest BCUT2D eigenvalue weighted by atomic mass is 16.5. The lowest BCUT2D eigenvalue weighted by Crippen LogP contribution is -2.45. The van der Waals surface area contributed by atoms with Gasteiger partial charge in [0.2, 0.25) is 11.8 Å². The van der Waals surface area contributed by atoms with Gasteiger partial charge < -0.3 is 23.9 Å². The van der Waals surface area contributed by atoms with Gasteiger partial charge in [-0.1, -0.05) is 39.0 Å². The molecule has 3 heterocycles. The molecule has 1 aromatic heterocycles. The fourth-order valence-electron chi connectivity index (χ4n) is 9.33. The summed E-state index contributed by atoms with van der Waals surface area (Å²) in [4.78, 5) is 52.5. The summed E-state index contributed by atoms with van der Waals surface area (Å²) in [6.07, 6.45) is 13.4. The predicted molar refractivity (Wildman–Crippen MR) is 172 cm³/mol. The van der Waals surface area contributed by atoms with E-state index in [4.69, 9.17) is 24.2 Å². The summed E-state index contributed by atoms with van der Waals surface area (Å²) in [7, 11) is 1.63. The van der Waals surface area contributed by atoms with Crippen LogP contribution < -0.4 is 9.47 Å². The second-order valence-electron chi connectivity index (χ2n) is 14.6. The summed E-state index contributed by atoms with van der Waals surface area (Å²) in [5.74, 6) is 2.04. The minimum Gasteiger partial charge on any atom is -0.497 e. The second-order valence-corrected chi connectivity index (χ2v) is 14.6. The van der Waals surface area contributed by atoms with Crippen LogP contribution in [0.1, 0.15) is 96.1 Å². The number of methoxy groups -OCH3 is 1. The second kappa shape index (κ2) is 13.5. The standard InChI is InChI=1S/C37H49N3O6/c1-3-25-32(21-41)40-20-34(25)46-36-30(38-29-15-14-24(44-2)18-31(29)39-36)13-9-5-8-12-26-27-16-23(27)17-33(26)45-35(42)19-28(37(40)43)22-10-6-4-7-11-22/h14-15,18,21-23,25-28,32-34H,3-13,16-17,19-20H2,1-2H3/t23?,25-,26+,27?,28-,32+,33+,34-/m0/s1. The molecule has 2 unspecified atom stereocenters. The Morgan fingerprint density at radius 1 is 0.913 bits per heavy atom. The Labute approximate surface area is 272 Å². The van der Waals surface area contributed by atoms with Crippen LogP contribution in [0, 0.1) is 35.5 Å². The molecule has 1 saturated heterocycles. The maximum atomic E-state index is 14.5. The topological polar surface area (TPSA) is 108 Å². The van der Waals surface area contributed by atoms with Crippen LogP contribution in [0.2, 0.25) is 0 Å². The Hall–Kier alpha value is -3.23. The van der Waals surface area contributed by atoms with Crippen molar-refractivity contribution < 1.29 is 28.6 Å².